The minimum Gasteiger partial charge on any atom is -0.300 e. The summed E-state index contributed by atoms with van der Waals surface area (Å²) in [6.07, 6.45) is 4.18. The highest BCUT2D eigenvalue weighted by Gasteiger charge is 2.43. The van der Waals surface area contributed by atoms with Gasteiger partial charge in [0.2, 0.25) is 0 Å². The number of ketones is 1. The molecule has 4 atom stereocenters. The maximum atomic E-state index is 11.9. The summed E-state index contributed by atoms with van der Waals surface area (Å²) >= 11 is 0. The van der Waals surface area contributed by atoms with E-state index in [1.54, 1.807) is 0 Å². The summed E-state index contributed by atoms with van der Waals surface area (Å²) in [5, 5.41) is 0. The van der Waals surface area contributed by atoms with Crippen molar-refractivity contribution in [2.75, 3.05) is 0 Å². The molecule has 2 heterocycles. The Bertz CT molecular complexity index is 264. The Morgan fingerprint density at radius 3 is 2.50 bits per heavy atom. The Morgan fingerprint density at radius 1 is 1.19 bits per heavy atom. The van der Waals surface area contributed by atoms with Crippen molar-refractivity contribution in [1.29, 1.82) is 0 Å². The highest BCUT2D eigenvalue weighted by atomic mass is 16.1. The third-order valence-electron chi connectivity index (χ3n) is 4.61. The Balaban J connectivity index is 2.23. The third kappa shape index (κ3) is 2.04. The lowest BCUT2D eigenvalue weighted by Crippen LogP contribution is -2.59. The van der Waals surface area contributed by atoms with Crippen molar-refractivity contribution in [1.82, 2.24) is 4.90 Å². The molecule has 0 aromatic heterocycles. The molecule has 0 bridgehead atoms. The molecule has 0 aromatic carbocycles. The van der Waals surface area contributed by atoms with E-state index in [4.69, 9.17) is 0 Å². The number of fused-ring (bicyclic) bond motifs is 1. The molecule has 2 fully saturated rings. The summed E-state index contributed by atoms with van der Waals surface area (Å²) in [5.41, 5.74) is 0. The molecule has 2 rings (SSSR count). The molecule has 2 aliphatic rings. The first kappa shape index (κ1) is 12.1. The fourth-order valence-corrected chi connectivity index (χ4v) is 3.58. The number of Topliss-reactive ketones (excluding diaryl/α,β-unsaturated/α-hetero) is 1. The van der Waals surface area contributed by atoms with Crippen molar-refractivity contribution < 1.29 is 4.79 Å². The predicted octanol–water partition coefficient (Wildman–Crippen LogP) is 2.86. The summed E-state index contributed by atoms with van der Waals surface area (Å²) in [6.45, 7) is 9.17. The second-order valence-corrected chi connectivity index (χ2v) is 6.18. The van der Waals surface area contributed by atoms with E-state index in [1.165, 1.54) is 12.8 Å². The lowest BCUT2D eigenvalue weighted by molar-refractivity contribution is -0.131. The fourth-order valence-electron chi connectivity index (χ4n) is 3.58. The van der Waals surface area contributed by atoms with Gasteiger partial charge in [-0.25, -0.2) is 0 Å². The molecule has 2 nitrogen and oxygen atoms in total. The van der Waals surface area contributed by atoms with Crippen molar-refractivity contribution in [3.05, 3.63) is 0 Å². The Kier molecular flexibility index (Phi) is 3.39. The number of carbonyl (C=O) groups excluding carboxylic acids is 1. The van der Waals surface area contributed by atoms with E-state index in [9.17, 15) is 4.79 Å². The molecule has 2 heteroatoms. The number of carbonyl (C=O) groups is 1. The van der Waals surface area contributed by atoms with Crippen molar-refractivity contribution in [2.45, 2.75) is 71.5 Å². The van der Waals surface area contributed by atoms with E-state index in [-0.39, 0.29) is 0 Å². The lowest BCUT2D eigenvalue weighted by atomic mass is 9.77. The predicted molar refractivity (Wildman–Crippen MR) is 66.4 cm³/mol. The van der Waals surface area contributed by atoms with Crippen LogP contribution in [0.2, 0.25) is 0 Å². The summed E-state index contributed by atoms with van der Waals surface area (Å²) in [4.78, 5) is 14.5. The Labute approximate surface area is 99.4 Å². The molecule has 0 unspecified atom stereocenters. The first-order valence-corrected chi connectivity index (χ1v) is 6.79. The second-order valence-electron chi connectivity index (χ2n) is 6.18. The van der Waals surface area contributed by atoms with Crippen LogP contribution in [-0.2, 0) is 4.79 Å². The summed E-state index contributed by atoms with van der Waals surface area (Å²) in [5.74, 6) is 1.78. The van der Waals surface area contributed by atoms with Crippen molar-refractivity contribution in [3.8, 4) is 0 Å². The van der Waals surface area contributed by atoms with Gasteiger partial charge in [-0.3, -0.25) is 9.69 Å². The number of rotatable bonds is 1. The van der Waals surface area contributed by atoms with Gasteiger partial charge in [0.25, 0.3) is 0 Å². The molecule has 0 spiro atoms. The minimum atomic E-state index is 0.487. The van der Waals surface area contributed by atoms with Crippen LogP contribution in [0.15, 0.2) is 0 Å². The second kappa shape index (κ2) is 4.48. The Hall–Kier alpha value is -0.370. The van der Waals surface area contributed by atoms with Gasteiger partial charge in [0.1, 0.15) is 5.78 Å². The minimum absolute atomic E-state index is 0.487. The number of nitrogens with zero attached hydrogens (tertiary/aromatic N) is 1. The van der Waals surface area contributed by atoms with Crippen LogP contribution in [0.25, 0.3) is 0 Å². The van der Waals surface area contributed by atoms with E-state index in [1.807, 2.05) is 0 Å². The van der Waals surface area contributed by atoms with E-state index in [0.717, 1.165) is 12.8 Å². The van der Waals surface area contributed by atoms with Crippen molar-refractivity contribution in [2.24, 2.45) is 11.8 Å². The fraction of sp³-hybridized carbons (Fsp3) is 0.929. The molecular weight excluding hydrogens is 198 g/mol. The average Bonchev–Trinajstić information content (AvgIpc) is 2.22. The number of hydrogen-bond acceptors (Lipinski definition) is 2. The van der Waals surface area contributed by atoms with Gasteiger partial charge in [0.15, 0.2) is 0 Å². The standard InChI is InChI=1S/C14H25NO/c1-9(2)13-7-12(16)8-14-10(3)5-6-11(4)15(13)14/h9-11,13-14H,5-8H2,1-4H3/t10-,11-,13-,14-/m1/s1. The molecule has 92 valence electrons. The largest absolute Gasteiger partial charge is 0.300 e. The summed E-state index contributed by atoms with van der Waals surface area (Å²) in [7, 11) is 0. The van der Waals surface area contributed by atoms with Crippen LogP contribution < -0.4 is 0 Å². The van der Waals surface area contributed by atoms with Crippen molar-refractivity contribution >= 4 is 5.78 Å². The molecule has 16 heavy (non-hydrogen) atoms. The van der Waals surface area contributed by atoms with Gasteiger partial charge in [-0.15, -0.1) is 0 Å². The zero-order valence-corrected chi connectivity index (χ0v) is 11.1. The topological polar surface area (TPSA) is 20.3 Å². The quantitative estimate of drug-likeness (QED) is 0.681. The monoisotopic (exact) mass is 223 g/mol. The summed E-state index contributed by atoms with van der Waals surface area (Å²) in [6, 6.07) is 1.68. The molecule has 0 aromatic rings. The van der Waals surface area contributed by atoms with Gasteiger partial charge >= 0.3 is 0 Å². The average molecular weight is 223 g/mol. The van der Waals surface area contributed by atoms with E-state index < -0.39 is 0 Å². The molecule has 2 aliphatic heterocycles. The highest BCUT2D eigenvalue weighted by Crippen LogP contribution is 2.37. The number of piperidine rings is 2. The number of hydrogen-bond donors (Lipinski definition) is 0. The molecule has 0 saturated carbocycles. The normalized spacial score (nSPS) is 41.2. The summed E-state index contributed by atoms with van der Waals surface area (Å²) < 4.78 is 0. The molecule has 0 N–H and O–H groups in total. The van der Waals surface area contributed by atoms with Gasteiger partial charge < -0.3 is 0 Å². The van der Waals surface area contributed by atoms with Crippen LogP contribution in [0.4, 0.5) is 0 Å². The van der Waals surface area contributed by atoms with Gasteiger partial charge in [-0.2, -0.15) is 0 Å². The van der Waals surface area contributed by atoms with E-state index >= 15 is 0 Å². The zero-order chi connectivity index (χ0) is 11.9. The van der Waals surface area contributed by atoms with Crippen LogP contribution in [0, 0.1) is 11.8 Å². The molecule has 0 amide bonds. The molecule has 0 radical (unpaired) electrons. The van der Waals surface area contributed by atoms with Gasteiger partial charge in [0, 0.05) is 31.0 Å². The lowest BCUT2D eigenvalue weighted by Gasteiger charge is -2.52. The SMILES string of the molecule is CC(C)[C@H]1CC(=O)C[C@@H]2[C@H](C)CC[C@@H](C)N12. The molecule has 0 aliphatic carbocycles. The smallest absolute Gasteiger partial charge is 0.136 e. The maximum Gasteiger partial charge on any atom is 0.136 e. The van der Waals surface area contributed by atoms with E-state index in [0.29, 0.717) is 35.7 Å². The Morgan fingerprint density at radius 2 is 1.88 bits per heavy atom. The molecular formula is C14H25NO. The van der Waals surface area contributed by atoms with Crippen LogP contribution in [0.1, 0.15) is 53.4 Å². The highest BCUT2D eigenvalue weighted by molar-refractivity contribution is 5.80. The van der Waals surface area contributed by atoms with Crippen LogP contribution in [0.3, 0.4) is 0 Å². The van der Waals surface area contributed by atoms with Crippen LogP contribution in [0.5, 0.6) is 0 Å². The maximum absolute atomic E-state index is 11.9. The van der Waals surface area contributed by atoms with Crippen LogP contribution in [-0.4, -0.2) is 28.8 Å². The zero-order valence-electron chi connectivity index (χ0n) is 11.1. The first-order chi connectivity index (χ1) is 7.50. The van der Waals surface area contributed by atoms with Gasteiger partial charge in [-0.05, 0) is 31.6 Å². The first-order valence-electron chi connectivity index (χ1n) is 6.79. The molecule has 2 saturated heterocycles. The van der Waals surface area contributed by atoms with Gasteiger partial charge in [0.05, 0.1) is 0 Å². The van der Waals surface area contributed by atoms with Crippen molar-refractivity contribution in [3.63, 3.8) is 0 Å². The van der Waals surface area contributed by atoms with E-state index in [2.05, 4.69) is 32.6 Å². The van der Waals surface area contributed by atoms with Crippen LogP contribution >= 0.6 is 0 Å². The van der Waals surface area contributed by atoms with Gasteiger partial charge in [-0.1, -0.05) is 20.8 Å². The third-order valence-corrected chi connectivity index (χ3v) is 4.61.